The second-order valence-electron chi connectivity index (χ2n) is 12.4. The molecule has 0 bridgehead atoms. The SMILES string of the molecule is CO[C@@H]1C[C@H]2[C@@H]3CC[C@H]([C@H](C)[C@@H](O)[C@H](O)C(C)=O)[C@@]3(C)CC[C@@H]2[C@@]2(C)CC[C@H]3C[C@]312. The number of fused-ring (bicyclic) bond motifs is 4. The molecule has 4 heteroatoms. The predicted octanol–water partition coefficient (Wildman–Crippen LogP) is 4.22. The number of rotatable bonds is 5. The van der Waals surface area contributed by atoms with Crippen LogP contribution in [-0.2, 0) is 9.53 Å². The summed E-state index contributed by atoms with van der Waals surface area (Å²) in [5, 5.41) is 21.0. The van der Waals surface area contributed by atoms with Crippen LogP contribution in [0.4, 0.5) is 0 Å². The van der Waals surface area contributed by atoms with E-state index in [0.717, 1.165) is 24.2 Å². The summed E-state index contributed by atoms with van der Waals surface area (Å²) in [4.78, 5) is 11.7. The molecule has 5 fully saturated rings. The van der Waals surface area contributed by atoms with Gasteiger partial charge in [0.1, 0.15) is 6.10 Å². The molecule has 5 aliphatic carbocycles. The Morgan fingerprint density at radius 2 is 1.80 bits per heavy atom. The van der Waals surface area contributed by atoms with Gasteiger partial charge in [-0.15, -0.1) is 0 Å². The molecule has 1 spiro atoms. The fourth-order valence-electron chi connectivity index (χ4n) is 10.2. The number of methoxy groups -OCH3 is 1. The standard InChI is InChI=1S/C26H42O4/c1-14(22(28)23(29)15(2)27)18-6-7-19-17-12-21(30-5)26-13-16(26)8-11-25(26,4)20(17)9-10-24(18,19)3/h14,16-23,28-29H,6-13H2,1-5H3/t14-,16-,17-,18+,19-,20-,21+,22+,23+,24+,25+,26-/m0/s1. The third-order valence-electron chi connectivity index (χ3n) is 11.8. The zero-order chi connectivity index (χ0) is 21.6. The van der Waals surface area contributed by atoms with Crippen molar-refractivity contribution < 1.29 is 19.7 Å². The van der Waals surface area contributed by atoms with Gasteiger partial charge in [0.2, 0.25) is 0 Å². The van der Waals surface area contributed by atoms with Gasteiger partial charge >= 0.3 is 0 Å². The lowest BCUT2D eigenvalue weighted by molar-refractivity contribution is -0.164. The number of carbonyl (C=O) groups is 1. The molecule has 0 aliphatic heterocycles. The summed E-state index contributed by atoms with van der Waals surface area (Å²) in [7, 11) is 1.94. The second-order valence-corrected chi connectivity index (χ2v) is 12.4. The number of hydrogen-bond donors (Lipinski definition) is 2. The van der Waals surface area contributed by atoms with Gasteiger partial charge in [0, 0.05) is 12.5 Å². The highest BCUT2D eigenvalue weighted by atomic mass is 16.5. The zero-order valence-electron chi connectivity index (χ0n) is 19.6. The van der Waals surface area contributed by atoms with E-state index in [1.807, 2.05) is 7.11 Å². The lowest BCUT2D eigenvalue weighted by Crippen LogP contribution is -2.57. The first-order chi connectivity index (χ1) is 14.1. The molecule has 0 aromatic carbocycles. The number of ketones is 1. The fraction of sp³-hybridized carbons (Fsp3) is 0.962. The van der Waals surface area contributed by atoms with Crippen LogP contribution >= 0.6 is 0 Å². The minimum Gasteiger partial charge on any atom is -0.390 e. The lowest BCUT2D eigenvalue weighted by Gasteiger charge is -2.61. The zero-order valence-corrected chi connectivity index (χ0v) is 19.6. The molecule has 5 saturated carbocycles. The van der Waals surface area contributed by atoms with Crippen molar-refractivity contribution in [2.75, 3.05) is 7.11 Å². The van der Waals surface area contributed by atoms with Crippen molar-refractivity contribution in [3.8, 4) is 0 Å². The average Bonchev–Trinajstić information content (AvgIpc) is 3.23. The van der Waals surface area contributed by atoms with Crippen LogP contribution in [0.5, 0.6) is 0 Å². The van der Waals surface area contributed by atoms with Gasteiger partial charge in [-0.25, -0.2) is 0 Å². The Kier molecular flexibility index (Phi) is 4.83. The molecular formula is C26H42O4. The maximum absolute atomic E-state index is 11.7. The van der Waals surface area contributed by atoms with E-state index < -0.39 is 12.2 Å². The van der Waals surface area contributed by atoms with Crippen molar-refractivity contribution in [3.05, 3.63) is 0 Å². The molecule has 170 valence electrons. The van der Waals surface area contributed by atoms with Crippen molar-refractivity contribution in [2.45, 2.75) is 97.4 Å². The van der Waals surface area contributed by atoms with Crippen LogP contribution < -0.4 is 0 Å². The van der Waals surface area contributed by atoms with Gasteiger partial charge in [0.25, 0.3) is 0 Å². The average molecular weight is 419 g/mol. The minimum absolute atomic E-state index is 0.0570. The highest BCUT2D eigenvalue weighted by molar-refractivity contribution is 5.80. The summed E-state index contributed by atoms with van der Waals surface area (Å²) >= 11 is 0. The Balaban J connectivity index is 1.42. The summed E-state index contributed by atoms with van der Waals surface area (Å²) in [6.07, 6.45) is 8.45. The van der Waals surface area contributed by atoms with Crippen molar-refractivity contribution in [1.29, 1.82) is 0 Å². The summed E-state index contributed by atoms with van der Waals surface area (Å²) in [6.45, 7) is 8.49. The van der Waals surface area contributed by atoms with Gasteiger partial charge in [-0.05, 0) is 105 Å². The van der Waals surface area contributed by atoms with Crippen LogP contribution in [0.25, 0.3) is 0 Å². The van der Waals surface area contributed by atoms with Gasteiger partial charge in [0.15, 0.2) is 5.78 Å². The molecule has 12 atom stereocenters. The minimum atomic E-state index is -1.25. The molecular weight excluding hydrogens is 376 g/mol. The Hall–Kier alpha value is -0.450. The fourth-order valence-corrected chi connectivity index (χ4v) is 10.2. The summed E-state index contributed by atoms with van der Waals surface area (Å²) < 4.78 is 6.21. The van der Waals surface area contributed by atoms with E-state index in [1.165, 1.54) is 51.9 Å². The number of carbonyl (C=O) groups excluding carboxylic acids is 1. The van der Waals surface area contributed by atoms with Crippen LogP contribution in [-0.4, -0.2) is 41.4 Å². The van der Waals surface area contributed by atoms with E-state index in [-0.39, 0.29) is 17.1 Å². The molecule has 0 saturated heterocycles. The van der Waals surface area contributed by atoms with Crippen molar-refractivity contribution in [1.82, 2.24) is 0 Å². The molecule has 0 radical (unpaired) electrons. The van der Waals surface area contributed by atoms with E-state index in [9.17, 15) is 15.0 Å². The first-order valence-electron chi connectivity index (χ1n) is 12.5. The highest BCUT2D eigenvalue weighted by Gasteiger charge is 2.77. The highest BCUT2D eigenvalue weighted by Crippen LogP contribution is 2.82. The van der Waals surface area contributed by atoms with Gasteiger partial charge in [0.05, 0.1) is 12.2 Å². The van der Waals surface area contributed by atoms with E-state index in [0.29, 0.717) is 28.8 Å². The Morgan fingerprint density at radius 1 is 1.07 bits per heavy atom. The topological polar surface area (TPSA) is 66.8 Å². The Bertz CT molecular complexity index is 722. The van der Waals surface area contributed by atoms with Crippen molar-refractivity contribution >= 4 is 5.78 Å². The second kappa shape index (κ2) is 6.78. The summed E-state index contributed by atoms with van der Waals surface area (Å²) in [5.74, 6) is 3.10. The molecule has 0 heterocycles. The van der Waals surface area contributed by atoms with Crippen LogP contribution in [0, 0.1) is 51.8 Å². The third-order valence-corrected chi connectivity index (χ3v) is 11.8. The maximum Gasteiger partial charge on any atom is 0.160 e. The van der Waals surface area contributed by atoms with Gasteiger partial charge < -0.3 is 14.9 Å². The number of aliphatic hydroxyl groups is 2. The molecule has 0 aromatic rings. The van der Waals surface area contributed by atoms with Crippen molar-refractivity contribution in [2.24, 2.45) is 51.8 Å². The Labute approximate surface area is 182 Å². The number of hydrogen-bond acceptors (Lipinski definition) is 4. The van der Waals surface area contributed by atoms with Crippen LogP contribution in [0.1, 0.15) is 79.1 Å². The first-order valence-corrected chi connectivity index (χ1v) is 12.5. The lowest BCUT2D eigenvalue weighted by atomic mass is 9.45. The number of aliphatic hydroxyl groups excluding tert-OH is 2. The molecule has 30 heavy (non-hydrogen) atoms. The molecule has 0 unspecified atom stereocenters. The number of ether oxygens (including phenoxy) is 1. The Morgan fingerprint density at radius 3 is 2.43 bits per heavy atom. The van der Waals surface area contributed by atoms with Crippen LogP contribution in [0.2, 0.25) is 0 Å². The van der Waals surface area contributed by atoms with E-state index in [2.05, 4.69) is 20.8 Å². The monoisotopic (exact) mass is 418 g/mol. The van der Waals surface area contributed by atoms with Crippen LogP contribution in [0.15, 0.2) is 0 Å². The molecule has 4 nitrogen and oxygen atoms in total. The van der Waals surface area contributed by atoms with Crippen molar-refractivity contribution in [3.63, 3.8) is 0 Å². The summed E-state index contributed by atoms with van der Waals surface area (Å²) in [6, 6.07) is 0. The van der Waals surface area contributed by atoms with E-state index in [4.69, 9.17) is 4.74 Å². The van der Waals surface area contributed by atoms with E-state index in [1.54, 1.807) is 0 Å². The maximum atomic E-state index is 11.7. The quantitative estimate of drug-likeness (QED) is 0.702. The predicted molar refractivity (Wildman–Crippen MR) is 116 cm³/mol. The molecule has 2 N–H and O–H groups in total. The summed E-state index contributed by atoms with van der Waals surface area (Å²) in [5.41, 5.74) is 1.10. The van der Waals surface area contributed by atoms with E-state index >= 15 is 0 Å². The molecule has 0 amide bonds. The van der Waals surface area contributed by atoms with Gasteiger partial charge in [-0.3, -0.25) is 4.79 Å². The molecule has 0 aromatic heterocycles. The van der Waals surface area contributed by atoms with Gasteiger partial charge in [-0.1, -0.05) is 20.8 Å². The van der Waals surface area contributed by atoms with Gasteiger partial charge in [-0.2, -0.15) is 0 Å². The first kappa shape index (κ1) is 21.4. The normalized spacial score (nSPS) is 54.4. The third kappa shape index (κ3) is 2.48. The van der Waals surface area contributed by atoms with Crippen LogP contribution in [0.3, 0.4) is 0 Å². The molecule has 5 rings (SSSR count). The molecule has 5 aliphatic rings. The smallest absolute Gasteiger partial charge is 0.160 e. The largest absolute Gasteiger partial charge is 0.390 e. The number of Topliss-reactive ketones (excluding diaryl/α,β-unsaturated/α-hetero) is 1.